The minimum absolute atomic E-state index is 0.0216. The van der Waals surface area contributed by atoms with Gasteiger partial charge in [-0.05, 0) is 35.4 Å². The molecule has 0 bridgehead atoms. The Balaban J connectivity index is 1.55. The van der Waals surface area contributed by atoms with Gasteiger partial charge in [0.25, 0.3) is 0 Å². The number of hydrogen-bond acceptors (Lipinski definition) is 4. The van der Waals surface area contributed by atoms with E-state index in [2.05, 4.69) is 10.6 Å². The zero-order valence-corrected chi connectivity index (χ0v) is 15.8. The summed E-state index contributed by atoms with van der Waals surface area (Å²) in [5.41, 5.74) is 3.20. The number of ether oxygens (including phenoxy) is 2. The van der Waals surface area contributed by atoms with Crippen molar-refractivity contribution in [2.45, 2.75) is 32.1 Å². The van der Waals surface area contributed by atoms with E-state index in [1.165, 1.54) is 0 Å². The van der Waals surface area contributed by atoms with E-state index in [1.54, 1.807) is 13.2 Å². The van der Waals surface area contributed by atoms with Crippen molar-refractivity contribution < 1.29 is 19.1 Å². The van der Waals surface area contributed by atoms with Gasteiger partial charge in [0.15, 0.2) is 0 Å². The fourth-order valence-electron chi connectivity index (χ4n) is 3.21. The second-order valence-corrected chi connectivity index (χ2v) is 7.23. The highest BCUT2D eigenvalue weighted by atomic mass is 16.5. The summed E-state index contributed by atoms with van der Waals surface area (Å²) in [5.74, 6) is 0.770. The maximum Gasteiger partial charge on any atom is 0.411 e. The molecule has 0 aromatic heterocycles. The Kier molecular flexibility index (Phi) is 5.35. The van der Waals surface area contributed by atoms with Gasteiger partial charge in [0.2, 0.25) is 5.91 Å². The largest absolute Gasteiger partial charge is 0.497 e. The van der Waals surface area contributed by atoms with Crippen molar-refractivity contribution in [3.05, 3.63) is 53.6 Å². The Morgan fingerprint density at radius 3 is 2.63 bits per heavy atom. The van der Waals surface area contributed by atoms with E-state index in [-0.39, 0.29) is 17.9 Å². The first-order chi connectivity index (χ1) is 12.9. The van der Waals surface area contributed by atoms with Crippen LogP contribution in [-0.2, 0) is 21.4 Å². The lowest BCUT2D eigenvalue weighted by molar-refractivity contribution is -0.117. The van der Waals surface area contributed by atoms with E-state index in [4.69, 9.17) is 9.47 Å². The van der Waals surface area contributed by atoms with Crippen molar-refractivity contribution in [3.63, 3.8) is 0 Å². The van der Waals surface area contributed by atoms with Crippen molar-refractivity contribution >= 4 is 23.4 Å². The van der Waals surface area contributed by atoms with Crippen LogP contribution in [0.4, 0.5) is 16.2 Å². The van der Waals surface area contributed by atoms with Crippen LogP contribution in [0.5, 0.6) is 5.75 Å². The van der Waals surface area contributed by atoms with Gasteiger partial charge in [0, 0.05) is 29.6 Å². The van der Waals surface area contributed by atoms with E-state index in [0.29, 0.717) is 18.5 Å². The summed E-state index contributed by atoms with van der Waals surface area (Å²) in [6, 6.07) is 13.1. The molecule has 0 atom stereocenters. The highest BCUT2D eigenvalue weighted by Gasteiger charge is 2.31. The first kappa shape index (κ1) is 18.8. The molecule has 2 aromatic carbocycles. The minimum atomic E-state index is -0.523. The fourth-order valence-corrected chi connectivity index (χ4v) is 3.21. The van der Waals surface area contributed by atoms with E-state index >= 15 is 0 Å². The first-order valence-corrected chi connectivity index (χ1v) is 8.88. The molecule has 0 saturated carbocycles. The Morgan fingerprint density at radius 1 is 1.19 bits per heavy atom. The van der Waals surface area contributed by atoms with Gasteiger partial charge in [-0.1, -0.05) is 32.0 Å². The smallest absolute Gasteiger partial charge is 0.411 e. The molecule has 27 heavy (non-hydrogen) atoms. The molecule has 6 heteroatoms. The van der Waals surface area contributed by atoms with E-state index < -0.39 is 6.09 Å². The molecule has 2 N–H and O–H groups in total. The lowest BCUT2D eigenvalue weighted by Gasteiger charge is -2.32. The monoisotopic (exact) mass is 368 g/mol. The Hall–Kier alpha value is -3.02. The van der Waals surface area contributed by atoms with Gasteiger partial charge in [-0.25, -0.2) is 4.79 Å². The number of amides is 2. The van der Waals surface area contributed by atoms with Crippen LogP contribution in [0.2, 0.25) is 0 Å². The van der Waals surface area contributed by atoms with Gasteiger partial charge in [0.1, 0.15) is 5.75 Å². The zero-order chi connectivity index (χ0) is 19.4. The average Bonchev–Trinajstić information content (AvgIpc) is 2.61. The van der Waals surface area contributed by atoms with Gasteiger partial charge >= 0.3 is 6.09 Å². The molecule has 3 rings (SSSR count). The maximum atomic E-state index is 12.0. The Morgan fingerprint density at radius 2 is 1.93 bits per heavy atom. The number of rotatable bonds is 5. The second-order valence-electron chi connectivity index (χ2n) is 7.23. The van der Waals surface area contributed by atoms with Crippen LogP contribution in [0.25, 0.3) is 0 Å². The van der Waals surface area contributed by atoms with Gasteiger partial charge in [-0.15, -0.1) is 0 Å². The third-order valence-electron chi connectivity index (χ3n) is 4.65. The van der Waals surface area contributed by atoms with Crippen LogP contribution < -0.4 is 15.4 Å². The van der Waals surface area contributed by atoms with Crippen LogP contribution in [0, 0.1) is 0 Å². The third kappa shape index (κ3) is 4.58. The van der Waals surface area contributed by atoms with Crippen molar-refractivity contribution in [1.29, 1.82) is 0 Å². The SMILES string of the molecule is COc1ccc(CCOC(=O)Nc2ccc3c(c2)NC(=O)CC3(C)C)cc1. The first-order valence-electron chi connectivity index (χ1n) is 8.88. The minimum Gasteiger partial charge on any atom is -0.497 e. The number of carbonyl (C=O) groups is 2. The molecule has 0 fully saturated rings. The number of nitrogens with one attached hydrogen (secondary N) is 2. The third-order valence-corrected chi connectivity index (χ3v) is 4.65. The Bertz CT molecular complexity index is 844. The standard InChI is InChI=1S/C21H24N2O4/c1-21(2)13-19(24)23-18-12-15(6-9-17(18)21)22-20(25)27-11-10-14-4-7-16(26-3)8-5-14/h4-9,12H,10-11,13H2,1-3H3,(H,22,25)(H,23,24). The summed E-state index contributed by atoms with van der Waals surface area (Å²) in [6.07, 6.45) is 0.538. The van der Waals surface area contributed by atoms with Gasteiger partial charge in [0.05, 0.1) is 13.7 Å². The molecule has 0 radical (unpaired) electrons. The van der Waals surface area contributed by atoms with E-state index in [9.17, 15) is 9.59 Å². The molecule has 0 spiro atoms. The van der Waals surface area contributed by atoms with Crippen LogP contribution in [-0.4, -0.2) is 25.7 Å². The quantitative estimate of drug-likeness (QED) is 0.833. The molecule has 2 amide bonds. The van der Waals surface area contributed by atoms with Crippen LogP contribution >= 0.6 is 0 Å². The molecule has 1 aliphatic heterocycles. The highest BCUT2D eigenvalue weighted by molar-refractivity contribution is 5.97. The van der Waals surface area contributed by atoms with Crippen LogP contribution in [0.3, 0.4) is 0 Å². The molecule has 1 heterocycles. The predicted octanol–water partition coefficient (Wildman–Crippen LogP) is 4.11. The van der Waals surface area contributed by atoms with Gasteiger partial charge in [-0.3, -0.25) is 10.1 Å². The molecule has 0 saturated heterocycles. The number of anilines is 2. The van der Waals surface area contributed by atoms with Crippen molar-refractivity contribution in [3.8, 4) is 5.75 Å². The topological polar surface area (TPSA) is 76.7 Å². The summed E-state index contributed by atoms with van der Waals surface area (Å²) < 4.78 is 10.4. The molecular formula is C21H24N2O4. The molecule has 6 nitrogen and oxygen atoms in total. The number of benzene rings is 2. The van der Waals surface area contributed by atoms with Crippen molar-refractivity contribution in [2.75, 3.05) is 24.4 Å². The zero-order valence-electron chi connectivity index (χ0n) is 15.8. The number of fused-ring (bicyclic) bond motifs is 1. The number of methoxy groups -OCH3 is 1. The van der Waals surface area contributed by atoms with E-state index in [0.717, 1.165) is 22.6 Å². The molecule has 0 unspecified atom stereocenters. The second kappa shape index (κ2) is 7.70. The number of carbonyl (C=O) groups excluding carboxylic acids is 2. The summed E-state index contributed by atoms with van der Waals surface area (Å²) in [4.78, 5) is 23.9. The van der Waals surface area contributed by atoms with Crippen molar-refractivity contribution in [2.24, 2.45) is 0 Å². The van der Waals surface area contributed by atoms with Crippen LogP contribution in [0.15, 0.2) is 42.5 Å². The molecule has 142 valence electrons. The van der Waals surface area contributed by atoms with Gasteiger partial charge < -0.3 is 14.8 Å². The van der Waals surface area contributed by atoms with Gasteiger partial charge in [-0.2, -0.15) is 0 Å². The lowest BCUT2D eigenvalue weighted by Crippen LogP contribution is -2.32. The number of hydrogen-bond donors (Lipinski definition) is 2. The summed E-state index contributed by atoms with van der Waals surface area (Å²) in [5, 5.41) is 5.57. The molecular weight excluding hydrogens is 344 g/mol. The molecule has 0 aliphatic carbocycles. The summed E-state index contributed by atoms with van der Waals surface area (Å²) >= 11 is 0. The summed E-state index contributed by atoms with van der Waals surface area (Å²) in [7, 11) is 1.62. The van der Waals surface area contributed by atoms with E-state index in [1.807, 2.05) is 50.2 Å². The Labute approximate surface area is 158 Å². The predicted molar refractivity (Wildman–Crippen MR) is 104 cm³/mol. The highest BCUT2D eigenvalue weighted by Crippen LogP contribution is 2.38. The fraction of sp³-hybridized carbons (Fsp3) is 0.333. The van der Waals surface area contributed by atoms with Crippen LogP contribution in [0.1, 0.15) is 31.4 Å². The molecule has 1 aliphatic rings. The average molecular weight is 368 g/mol. The van der Waals surface area contributed by atoms with Crippen molar-refractivity contribution in [1.82, 2.24) is 0 Å². The molecule has 2 aromatic rings. The summed E-state index contributed by atoms with van der Waals surface area (Å²) in [6.45, 7) is 4.34. The lowest BCUT2D eigenvalue weighted by atomic mass is 9.78. The normalized spacial score (nSPS) is 14.7. The maximum absolute atomic E-state index is 12.0.